The van der Waals surface area contributed by atoms with Crippen molar-refractivity contribution in [2.75, 3.05) is 26.2 Å². The lowest BCUT2D eigenvalue weighted by Crippen LogP contribution is -2.48. The maximum atomic E-state index is 12.9. The number of unbranched alkanes of at least 4 members (excludes halogenated alkanes) is 1. The number of carbonyl (C=O) groups excluding carboxylic acids is 2. The maximum absolute atomic E-state index is 12.9. The fourth-order valence-corrected chi connectivity index (χ4v) is 2.68. The second-order valence-electron chi connectivity index (χ2n) is 6.89. The van der Waals surface area contributed by atoms with Crippen molar-refractivity contribution in [2.45, 2.75) is 47.1 Å². The van der Waals surface area contributed by atoms with E-state index < -0.39 is 0 Å². The summed E-state index contributed by atoms with van der Waals surface area (Å²) in [5, 5.41) is 2.81. The van der Waals surface area contributed by atoms with Crippen LogP contribution in [0.2, 0.25) is 0 Å². The fourth-order valence-electron chi connectivity index (χ4n) is 2.68. The number of hydrogen-bond donors (Lipinski definition) is 1. The Balaban J connectivity index is 2.82. The summed E-state index contributed by atoms with van der Waals surface area (Å²) in [7, 11) is 1.98. The van der Waals surface area contributed by atoms with Crippen LogP contribution in [0, 0.1) is 5.92 Å². The van der Waals surface area contributed by atoms with Crippen LogP contribution in [-0.2, 0) is 18.4 Å². The van der Waals surface area contributed by atoms with Gasteiger partial charge in [-0.1, -0.05) is 27.2 Å². The standard InChI is InChI=1S/C19H34N4O2/c1-6-8-12-22(14-17-10-9-11-21(17)5)18(24)15-23(13-16(3)4)19(25)20-7-2/h9-11,16H,6-8,12-15H2,1-5H3,(H,20,25). The topological polar surface area (TPSA) is 57.6 Å². The molecule has 0 fully saturated rings. The molecule has 3 amide bonds. The van der Waals surface area contributed by atoms with Crippen molar-refractivity contribution in [2.24, 2.45) is 13.0 Å². The summed E-state index contributed by atoms with van der Waals surface area (Å²) in [5.74, 6) is 0.314. The molecule has 0 saturated carbocycles. The number of amides is 3. The van der Waals surface area contributed by atoms with Gasteiger partial charge in [-0.3, -0.25) is 4.79 Å². The molecular formula is C19H34N4O2. The van der Waals surface area contributed by atoms with Gasteiger partial charge in [0.25, 0.3) is 0 Å². The van der Waals surface area contributed by atoms with Gasteiger partial charge in [-0.25, -0.2) is 4.79 Å². The molecule has 1 N–H and O–H groups in total. The number of nitrogens with one attached hydrogen (secondary N) is 1. The average molecular weight is 351 g/mol. The van der Waals surface area contributed by atoms with Crippen LogP contribution in [0.1, 0.15) is 46.2 Å². The zero-order valence-corrected chi connectivity index (χ0v) is 16.4. The van der Waals surface area contributed by atoms with E-state index in [-0.39, 0.29) is 18.5 Å². The smallest absolute Gasteiger partial charge is 0.317 e. The molecule has 0 aliphatic carbocycles. The van der Waals surface area contributed by atoms with Crippen molar-refractivity contribution in [1.82, 2.24) is 19.7 Å². The molecule has 0 spiro atoms. The first-order chi connectivity index (χ1) is 11.9. The van der Waals surface area contributed by atoms with Crippen molar-refractivity contribution in [3.05, 3.63) is 24.0 Å². The molecule has 1 heterocycles. The molecule has 0 aliphatic heterocycles. The van der Waals surface area contributed by atoms with Crippen molar-refractivity contribution in [3.63, 3.8) is 0 Å². The van der Waals surface area contributed by atoms with Gasteiger partial charge in [-0.05, 0) is 31.4 Å². The van der Waals surface area contributed by atoms with Crippen LogP contribution in [0.3, 0.4) is 0 Å². The molecule has 0 bridgehead atoms. The summed E-state index contributed by atoms with van der Waals surface area (Å²) in [6.45, 7) is 10.6. The number of aromatic nitrogens is 1. The van der Waals surface area contributed by atoms with E-state index in [1.165, 1.54) is 0 Å². The van der Waals surface area contributed by atoms with Gasteiger partial charge in [-0.15, -0.1) is 0 Å². The highest BCUT2D eigenvalue weighted by atomic mass is 16.2. The Morgan fingerprint density at radius 3 is 2.48 bits per heavy atom. The molecule has 6 nitrogen and oxygen atoms in total. The van der Waals surface area contributed by atoms with Crippen molar-refractivity contribution in [3.8, 4) is 0 Å². The fraction of sp³-hybridized carbons (Fsp3) is 0.684. The third kappa shape index (κ3) is 7.20. The van der Waals surface area contributed by atoms with E-state index >= 15 is 0 Å². The van der Waals surface area contributed by atoms with Gasteiger partial charge in [0.1, 0.15) is 6.54 Å². The van der Waals surface area contributed by atoms with E-state index in [0.29, 0.717) is 32.1 Å². The summed E-state index contributed by atoms with van der Waals surface area (Å²) in [5.41, 5.74) is 1.10. The van der Waals surface area contributed by atoms with E-state index in [1.807, 2.05) is 41.8 Å². The molecule has 0 saturated heterocycles. The molecule has 1 aromatic rings. The molecule has 0 unspecified atom stereocenters. The first-order valence-corrected chi connectivity index (χ1v) is 9.29. The summed E-state index contributed by atoms with van der Waals surface area (Å²) >= 11 is 0. The molecule has 1 rings (SSSR count). The van der Waals surface area contributed by atoms with Crippen molar-refractivity contribution < 1.29 is 9.59 Å². The Labute approximate surface area is 152 Å². The Kier molecular flexibility index (Phi) is 9.10. The van der Waals surface area contributed by atoms with Gasteiger partial charge in [0.05, 0.1) is 6.54 Å². The molecule has 0 aliphatic rings. The number of nitrogens with zero attached hydrogens (tertiary/aromatic N) is 3. The largest absolute Gasteiger partial charge is 0.353 e. The lowest BCUT2D eigenvalue weighted by atomic mass is 10.2. The Morgan fingerprint density at radius 2 is 1.96 bits per heavy atom. The van der Waals surface area contributed by atoms with Gasteiger partial charge in [0.15, 0.2) is 0 Å². The Morgan fingerprint density at radius 1 is 1.24 bits per heavy atom. The van der Waals surface area contributed by atoms with Crippen LogP contribution in [0.25, 0.3) is 0 Å². The van der Waals surface area contributed by atoms with E-state index in [0.717, 1.165) is 18.5 Å². The third-order valence-electron chi connectivity index (χ3n) is 4.07. The molecule has 0 radical (unpaired) electrons. The SMILES string of the molecule is CCCCN(Cc1cccn1C)C(=O)CN(CC(C)C)C(=O)NCC. The van der Waals surface area contributed by atoms with Gasteiger partial charge in [0, 0.05) is 38.6 Å². The molecule has 6 heteroatoms. The van der Waals surface area contributed by atoms with Crippen molar-refractivity contribution >= 4 is 11.9 Å². The number of carbonyl (C=O) groups is 2. The van der Waals surface area contributed by atoms with Crippen LogP contribution in [0.15, 0.2) is 18.3 Å². The van der Waals surface area contributed by atoms with Crippen LogP contribution in [-0.4, -0.2) is 52.5 Å². The minimum Gasteiger partial charge on any atom is -0.353 e. The summed E-state index contributed by atoms with van der Waals surface area (Å²) < 4.78 is 2.03. The molecule has 142 valence electrons. The predicted octanol–water partition coefficient (Wildman–Crippen LogP) is 2.84. The lowest BCUT2D eigenvalue weighted by Gasteiger charge is -2.29. The Bertz CT molecular complexity index is 539. The highest BCUT2D eigenvalue weighted by Crippen LogP contribution is 2.09. The minimum atomic E-state index is -0.168. The predicted molar refractivity (Wildman–Crippen MR) is 101 cm³/mol. The second-order valence-corrected chi connectivity index (χ2v) is 6.89. The van der Waals surface area contributed by atoms with Crippen LogP contribution in [0.5, 0.6) is 0 Å². The first kappa shape index (κ1) is 21.1. The minimum absolute atomic E-state index is 0.00144. The average Bonchev–Trinajstić information content (AvgIpc) is 2.95. The van der Waals surface area contributed by atoms with Crippen LogP contribution in [0.4, 0.5) is 4.79 Å². The molecule has 25 heavy (non-hydrogen) atoms. The first-order valence-electron chi connectivity index (χ1n) is 9.29. The number of hydrogen-bond acceptors (Lipinski definition) is 2. The van der Waals surface area contributed by atoms with E-state index in [9.17, 15) is 9.59 Å². The maximum Gasteiger partial charge on any atom is 0.317 e. The van der Waals surface area contributed by atoms with Gasteiger partial charge in [-0.2, -0.15) is 0 Å². The van der Waals surface area contributed by atoms with Crippen LogP contribution >= 0.6 is 0 Å². The highest BCUT2D eigenvalue weighted by molar-refractivity contribution is 5.84. The van der Waals surface area contributed by atoms with Gasteiger partial charge < -0.3 is 19.7 Å². The Hall–Kier alpha value is -1.98. The number of rotatable bonds is 10. The molecule has 0 atom stereocenters. The molecular weight excluding hydrogens is 316 g/mol. The van der Waals surface area contributed by atoms with E-state index in [4.69, 9.17) is 0 Å². The molecule has 1 aromatic heterocycles. The zero-order valence-electron chi connectivity index (χ0n) is 16.4. The summed E-state index contributed by atoms with van der Waals surface area (Å²) in [6, 6.07) is 3.85. The quantitative estimate of drug-likeness (QED) is 0.705. The zero-order chi connectivity index (χ0) is 18.8. The van der Waals surface area contributed by atoms with Gasteiger partial charge >= 0.3 is 6.03 Å². The van der Waals surface area contributed by atoms with E-state index in [1.54, 1.807) is 4.90 Å². The van der Waals surface area contributed by atoms with Crippen molar-refractivity contribution in [1.29, 1.82) is 0 Å². The number of urea groups is 1. The summed E-state index contributed by atoms with van der Waals surface area (Å²) in [4.78, 5) is 28.6. The lowest BCUT2D eigenvalue weighted by molar-refractivity contribution is -0.132. The van der Waals surface area contributed by atoms with E-state index in [2.05, 4.69) is 26.1 Å². The molecule has 0 aromatic carbocycles. The monoisotopic (exact) mass is 350 g/mol. The summed E-state index contributed by atoms with van der Waals surface area (Å²) in [6.07, 6.45) is 3.97. The number of aryl methyl sites for hydroxylation is 1. The second kappa shape index (κ2) is 10.8. The third-order valence-corrected chi connectivity index (χ3v) is 4.07. The highest BCUT2D eigenvalue weighted by Gasteiger charge is 2.22. The normalized spacial score (nSPS) is 10.8. The van der Waals surface area contributed by atoms with Gasteiger partial charge in [0.2, 0.25) is 5.91 Å². The van der Waals surface area contributed by atoms with Crippen LogP contribution < -0.4 is 5.32 Å².